The number of tetrazole rings is 1. The third-order valence-electron chi connectivity index (χ3n) is 4.93. The molecule has 22 heavy (non-hydrogen) atoms. The van der Waals surface area contributed by atoms with Crippen molar-refractivity contribution in [2.24, 2.45) is 5.41 Å². The largest absolute Gasteiger partial charge is 0.274 e. The second-order valence-electron chi connectivity index (χ2n) is 6.47. The summed E-state index contributed by atoms with van der Waals surface area (Å²) in [5, 5.41) is 11.6. The van der Waals surface area contributed by atoms with Crippen LogP contribution in [0.4, 0.5) is 0 Å². The molecule has 2 aliphatic rings. The minimum atomic E-state index is -0.434. The van der Waals surface area contributed by atoms with Gasteiger partial charge in [0.2, 0.25) is 11.8 Å². The lowest BCUT2D eigenvalue weighted by molar-refractivity contribution is -0.143. The maximum Gasteiger partial charge on any atom is 0.236 e. The minimum absolute atomic E-state index is 0.0118. The Kier molecular flexibility index (Phi) is 4.22. The van der Waals surface area contributed by atoms with Gasteiger partial charge in [-0.1, -0.05) is 32.6 Å². The molecule has 120 valence electrons. The van der Waals surface area contributed by atoms with Gasteiger partial charge in [-0.3, -0.25) is 14.5 Å². The number of carbonyl (C=O) groups is 2. The summed E-state index contributed by atoms with van der Waals surface area (Å²) in [4.78, 5) is 26.5. The number of carbonyl (C=O) groups excluding carboxylic acids is 2. The fourth-order valence-electron chi connectivity index (χ4n) is 3.60. The summed E-state index contributed by atoms with van der Waals surface area (Å²) in [5.74, 6) is 0.516. The van der Waals surface area contributed by atoms with E-state index in [9.17, 15) is 9.59 Å². The molecule has 1 saturated carbocycles. The zero-order valence-electron chi connectivity index (χ0n) is 13.1. The number of unbranched alkanes of at least 4 members (excludes halogenated alkanes) is 1. The molecule has 2 amide bonds. The standard InChI is InChI=1S/C15H23N5O2/c1-2-3-9-20-12(16-17-18-20)11-19-13(21)10-15(14(19)22)7-5-4-6-8-15/h2-11H2,1H3. The summed E-state index contributed by atoms with van der Waals surface area (Å²) in [6.45, 7) is 3.03. The van der Waals surface area contributed by atoms with Gasteiger partial charge in [0.15, 0.2) is 5.82 Å². The summed E-state index contributed by atoms with van der Waals surface area (Å²) in [5.41, 5.74) is -0.434. The molecule has 1 spiro atoms. The van der Waals surface area contributed by atoms with Crippen LogP contribution in [0.1, 0.15) is 64.1 Å². The number of hydrogen-bond acceptors (Lipinski definition) is 5. The average Bonchev–Trinajstić information content (AvgIpc) is 3.05. The summed E-state index contributed by atoms with van der Waals surface area (Å²) in [6.07, 6.45) is 7.32. The fraction of sp³-hybridized carbons (Fsp3) is 0.800. The first-order chi connectivity index (χ1) is 10.7. The Morgan fingerprint density at radius 1 is 1.18 bits per heavy atom. The molecule has 2 heterocycles. The van der Waals surface area contributed by atoms with Crippen LogP contribution in [-0.4, -0.2) is 36.9 Å². The van der Waals surface area contributed by atoms with Crippen LogP contribution in [-0.2, 0) is 22.7 Å². The van der Waals surface area contributed by atoms with Crippen LogP contribution in [0.25, 0.3) is 0 Å². The van der Waals surface area contributed by atoms with Crippen molar-refractivity contribution in [1.29, 1.82) is 0 Å². The highest BCUT2D eigenvalue weighted by Crippen LogP contribution is 2.45. The number of aromatic nitrogens is 4. The lowest BCUT2D eigenvalue weighted by atomic mass is 9.73. The first-order valence-corrected chi connectivity index (χ1v) is 8.26. The molecule has 7 heteroatoms. The van der Waals surface area contributed by atoms with Crippen LogP contribution in [0.2, 0.25) is 0 Å². The van der Waals surface area contributed by atoms with Crippen molar-refractivity contribution in [3.63, 3.8) is 0 Å². The molecule has 1 aromatic rings. The van der Waals surface area contributed by atoms with Gasteiger partial charge in [-0.2, -0.15) is 0 Å². The number of rotatable bonds is 5. The molecular formula is C15H23N5O2. The van der Waals surface area contributed by atoms with Crippen molar-refractivity contribution in [2.75, 3.05) is 0 Å². The van der Waals surface area contributed by atoms with Crippen molar-refractivity contribution in [3.05, 3.63) is 5.82 Å². The molecule has 1 saturated heterocycles. The molecule has 0 unspecified atom stereocenters. The van der Waals surface area contributed by atoms with E-state index in [1.807, 2.05) is 0 Å². The Hall–Kier alpha value is -1.79. The van der Waals surface area contributed by atoms with Gasteiger partial charge in [-0.25, -0.2) is 4.68 Å². The molecule has 1 aliphatic heterocycles. The SMILES string of the molecule is CCCCn1nnnc1CN1C(=O)CC2(CCCCC2)C1=O. The topological polar surface area (TPSA) is 81.0 Å². The molecule has 1 aromatic heterocycles. The minimum Gasteiger partial charge on any atom is -0.274 e. The third-order valence-corrected chi connectivity index (χ3v) is 4.93. The highest BCUT2D eigenvalue weighted by Gasteiger charge is 2.51. The summed E-state index contributed by atoms with van der Waals surface area (Å²) in [6, 6.07) is 0. The number of amides is 2. The van der Waals surface area contributed by atoms with Gasteiger partial charge in [0.25, 0.3) is 0 Å². The molecule has 7 nitrogen and oxygen atoms in total. The number of aryl methyl sites for hydroxylation is 1. The van der Waals surface area contributed by atoms with E-state index in [2.05, 4.69) is 22.4 Å². The van der Waals surface area contributed by atoms with Gasteiger partial charge in [-0.15, -0.1) is 5.10 Å². The fourth-order valence-corrected chi connectivity index (χ4v) is 3.60. The van der Waals surface area contributed by atoms with E-state index >= 15 is 0 Å². The predicted octanol–water partition coefficient (Wildman–Crippen LogP) is 1.68. The van der Waals surface area contributed by atoms with Gasteiger partial charge in [0.05, 0.1) is 12.0 Å². The number of likely N-dealkylation sites (tertiary alicyclic amines) is 1. The van der Waals surface area contributed by atoms with E-state index in [1.54, 1.807) is 4.68 Å². The van der Waals surface area contributed by atoms with E-state index in [0.717, 1.165) is 45.1 Å². The van der Waals surface area contributed by atoms with Crippen LogP contribution in [0.5, 0.6) is 0 Å². The van der Waals surface area contributed by atoms with Crippen LogP contribution in [0, 0.1) is 5.41 Å². The summed E-state index contributed by atoms with van der Waals surface area (Å²) >= 11 is 0. The highest BCUT2D eigenvalue weighted by molar-refractivity contribution is 6.05. The van der Waals surface area contributed by atoms with Crippen molar-refractivity contribution >= 4 is 11.8 Å². The normalized spacial score (nSPS) is 21.0. The highest BCUT2D eigenvalue weighted by atomic mass is 16.2. The lowest BCUT2D eigenvalue weighted by Crippen LogP contribution is -2.37. The smallest absolute Gasteiger partial charge is 0.236 e. The zero-order valence-corrected chi connectivity index (χ0v) is 13.1. The monoisotopic (exact) mass is 305 g/mol. The maximum atomic E-state index is 12.8. The Morgan fingerprint density at radius 3 is 2.68 bits per heavy atom. The Balaban J connectivity index is 1.74. The third kappa shape index (κ3) is 2.64. The number of nitrogens with zero attached hydrogens (tertiary/aromatic N) is 5. The van der Waals surface area contributed by atoms with Gasteiger partial charge >= 0.3 is 0 Å². The molecule has 0 radical (unpaired) electrons. The van der Waals surface area contributed by atoms with Crippen molar-refractivity contribution in [1.82, 2.24) is 25.1 Å². The van der Waals surface area contributed by atoms with Gasteiger partial charge in [0, 0.05) is 13.0 Å². The second kappa shape index (κ2) is 6.14. The van der Waals surface area contributed by atoms with Gasteiger partial charge < -0.3 is 0 Å². The van der Waals surface area contributed by atoms with Gasteiger partial charge in [-0.05, 0) is 29.7 Å². The van der Waals surface area contributed by atoms with Crippen molar-refractivity contribution in [2.45, 2.75) is 71.4 Å². The summed E-state index contributed by atoms with van der Waals surface area (Å²) in [7, 11) is 0. The van der Waals surface area contributed by atoms with Crippen molar-refractivity contribution in [3.8, 4) is 0 Å². The quantitative estimate of drug-likeness (QED) is 0.773. The van der Waals surface area contributed by atoms with E-state index in [4.69, 9.17) is 0 Å². The molecular weight excluding hydrogens is 282 g/mol. The van der Waals surface area contributed by atoms with E-state index < -0.39 is 5.41 Å². The van der Waals surface area contributed by atoms with Gasteiger partial charge in [0.1, 0.15) is 0 Å². The molecule has 3 rings (SSSR count). The molecule has 0 N–H and O–H groups in total. The number of hydrogen-bond donors (Lipinski definition) is 0. The first kappa shape index (κ1) is 15.1. The van der Waals surface area contributed by atoms with Crippen LogP contribution in [0.3, 0.4) is 0 Å². The Bertz CT molecular complexity index is 562. The van der Waals surface area contributed by atoms with Crippen LogP contribution in [0.15, 0.2) is 0 Å². The second-order valence-corrected chi connectivity index (χ2v) is 6.47. The molecule has 1 aliphatic carbocycles. The average molecular weight is 305 g/mol. The summed E-state index contributed by atoms with van der Waals surface area (Å²) < 4.78 is 1.70. The maximum absolute atomic E-state index is 12.8. The van der Waals surface area contributed by atoms with E-state index in [0.29, 0.717) is 12.2 Å². The van der Waals surface area contributed by atoms with Crippen LogP contribution < -0.4 is 0 Å². The molecule has 0 atom stereocenters. The molecule has 2 fully saturated rings. The van der Waals surface area contributed by atoms with E-state index in [1.165, 1.54) is 11.3 Å². The van der Waals surface area contributed by atoms with E-state index in [-0.39, 0.29) is 18.4 Å². The number of imide groups is 1. The Labute approximate surface area is 130 Å². The zero-order chi connectivity index (χ0) is 15.6. The first-order valence-electron chi connectivity index (χ1n) is 8.26. The van der Waals surface area contributed by atoms with Crippen molar-refractivity contribution < 1.29 is 9.59 Å². The lowest BCUT2D eigenvalue weighted by Gasteiger charge is -2.30. The van der Waals surface area contributed by atoms with Crippen LogP contribution >= 0.6 is 0 Å². The predicted molar refractivity (Wildman–Crippen MR) is 78.4 cm³/mol. The molecule has 0 aromatic carbocycles. The Morgan fingerprint density at radius 2 is 1.95 bits per heavy atom. The molecule has 0 bridgehead atoms.